The smallest absolute Gasteiger partial charge is 0.481 e. The number of aromatic amines is 1. The summed E-state index contributed by atoms with van der Waals surface area (Å²) in [5, 5.41) is 109. The van der Waals surface area contributed by atoms with E-state index in [1.807, 2.05) is 48.6 Å². The highest BCUT2D eigenvalue weighted by Gasteiger charge is 2.78. The Labute approximate surface area is 866 Å². The SMILES string of the molecule is CCC(CO)OC(CO)OC.CCC(CO)OC(COC(=O)CCCC(=O)NC(C)C(=O)OCCCCC(=O)[C@]1(O)C2N(C)c3cc(C)c([C@@]4(C)CC5CN(CCc6c4[nH]c4ccccc64)CC(O)(CC)C5)cc3C23CCN2CC=C[C@](CC)(C23)[C@H]1O)OC.CCC(CO)OC(COC(=O)OCCC(=O)NC(=O)CCC(C)(C)SSc1ccc([N+](=O)[O-])cn1)OC.CCC(COC(=O)CCC(=O)O)OC(CO)OC.O=C=O. The van der Waals surface area contributed by atoms with Crippen molar-refractivity contribution in [1.29, 1.82) is 0 Å². The third kappa shape index (κ3) is 35.5. The fourth-order valence-electron chi connectivity index (χ4n) is 19.9. The summed E-state index contributed by atoms with van der Waals surface area (Å²) < 4.78 is 66.1. The second kappa shape index (κ2) is 62.0. The largest absolute Gasteiger partial charge is 0.508 e. The molecule has 15 unspecified atom stereocenters. The molecule has 2 saturated heterocycles. The van der Waals surface area contributed by atoms with Crippen LogP contribution in [-0.2, 0) is 127 Å². The number of aliphatic carboxylic acids is 1. The van der Waals surface area contributed by atoms with Crippen LogP contribution in [0.25, 0.3) is 10.9 Å². The van der Waals surface area contributed by atoms with Crippen LogP contribution in [0.3, 0.4) is 0 Å². The van der Waals surface area contributed by atoms with Crippen LogP contribution in [0.5, 0.6) is 0 Å². The van der Waals surface area contributed by atoms with Gasteiger partial charge in [0.25, 0.3) is 5.69 Å². The van der Waals surface area contributed by atoms with Crippen LogP contribution >= 0.6 is 21.6 Å². The van der Waals surface area contributed by atoms with Crippen molar-refractivity contribution >= 4 is 104 Å². The van der Waals surface area contributed by atoms with E-state index in [1.54, 1.807) is 6.07 Å². The van der Waals surface area contributed by atoms with Gasteiger partial charge in [-0.15, -0.1) is 0 Å². The molecule has 826 valence electrons. The van der Waals surface area contributed by atoms with Gasteiger partial charge in [0.2, 0.25) is 17.7 Å². The number of aryl methyl sites for hydroxylation is 1. The molecule has 12 N–H and O–H groups in total. The second-order valence-electron chi connectivity index (χ2n) is 38.1. The van der Waals surface area contributed by atoms with E-state index in [0.29, 0.717) is 75.9 Å². The number of ketones is 1. The number of methoxy groups -OCH3 is 4. The van der Waals surface area contributed by atoms with Crippen molar-refractivity contribution in [2.45, 2.75) is 317 Å². The number of nitro groups is 1. The molecule has 6 aliphatic rings. The summed E-state index contributed by atoms with van der Waals surface area (Å²) in [6.45, 7) is 23.8. The number of likely N-dealkylation sites (N-methyl/N-ethyl adjacent to an activating group) is 1. The average Bonchev–Trinajstić information content (AvgIpc) is 1.48. The van der Waals surface area contributed by atoms with Crippen LogP contribution in [0.15, 0.2) is 71.9 Å². The molecular formula is C102H156N8O35S2. The molecular weight excluding hydrogens is 1960 g/mol. The van der Waals surface area contributed by atoms with Crippen LogP contribution in [0, 0.1) is 28.4 Å². The number of benzene rings is 2. The zero-order valence-corrected chi connectivity index (χ0v) is 89.1. The summed E-state index contributed by atoms with van der Waals surface area (Å²) >= 11 is 0. The number of carbonyl (C=O) groups excluding carboxylic acids is 10. The normalized spacial score (nSPS) is 23.3. The zero-order chi connectivity index (χ0) is 109. The third-order valence-corrected chi connectivity index (χ3v) is 30.9. The summed E-state index contributed by atoms with van der Waals surface area (Å²) in [6, 6.07) is 14.3. The Morgan fingerprint density at radius 3 is 1.83 bits per heavy atom. The van der Waals surface area contributed by atoms with Gasteiger partial charge >= 0.3 is 36.2 Å². The van der Waals surface area contributed by atoms with E-state index in [0.717, 1.165) is 61.2 Å². The van der Waals surface area contributed by atoms with Gasteiger partial charge in [0, 0.05) is 143 Å². The molecule has 147 heavy (non-hydrogen) atoms. The quantitative estimate of drug-likeness (QED) is 0.00289. The zero-order valence-electron chi connectivity index (χ0n) is 87.5. The van der Waals surface area contributed by atoms with E-state index >= 15 is 4.79 Å². The van der Waals surface area contributed by atoms with E-state index in [-0.39, 0.29) is 159 Å². The van der Waals surface area contributed by atoms with E-state index in [4.69, 9.17) is 96.7 Å². The van der Waals surface area contributed by atoms with Gasteiger partial charge in [-0.2, -0.15) is 9.59 Å². The van der Waals surface area contributed by atoms with E-state index in [1.165, 1.54) is 91.4 Å². The number of unbranched alkanes of at least 4 members (excludes halogenated alkanes) is 1. The van der Waals surface area contributed by atoms with Gasteiger partial charge in [-0.25, -0.2) is 14.6 Å². The molecule has 2 bridgehead atoms. The maximum Gasteiger partial charge on any atom is 0.508 e. The molecule has 2 aromatic heterocycles. The van der Waals surface area contributed by atoms with Crippen LogP contribution in [0.2, 0.25) is 0 Å². The number of nitrogens with one attached hydrogen (secondary N) is 3. The first-order valence-electron chi connectivity index (χ1n) is 50.1. The minimum Gasteiger partial charge on any atom is -0.481 e. The number of anilines is 1. The number of aromatic nitrogens is 2. The molecule has 1 aliphatic carbocycles. The molecule has 10 rings (SSSR count). The number of piperidine rings is 1. The Bertz CT molecular complexity index is 4870. The van der Waals surface area contributed by atoms with E-state index < -0.39 is 148 Å². The Morgan fingerprint density at radius 2 is 1.26 bits per heavy atom. The first-order valence-corrected chi connectivity index (χ1v) is 52.3. The van der Waals surface area contributed by atoms with Crippen molar-refractivity contribution < 1.29 is 165 Å². The molecule has 3 amide bonds. The van der Waals surface area contributed by atoms with Crippen molar-refractivity contribution in [1.82, 2.24) is 30.4 Å². The number of carboxylic acid groups (broad SMARTS) is 1. The minimum absolute atomic E-state index is 0.00874. The highest BCUT2D eigenvalue weighted by atomic mass is 33.1. The van der Waals surface area contributed by atoms with Crippen molar-refractivity contribution in [2.75, 3.05) is 139 Å². The molecule has 2 aromatic carbocycles. The van der Waals surface area contributed by atoms with Gasteiger partial charge in [-0.3, -0.25) is 58.8 Å². The number of aliphatic hydroxyl groups excluding tert-OH is 6. The van der Waals surface area contributed by atoms with Crippen molar-refractivity contribution in [3.63, 3.8) is 0 Å². The number of fused-ring (bicyclic) bond motifs is 6. The number of rotatable bonds is 55. The molecule has 0 radical (unpaired) electrons. The van der Waals surface area contributed by atoms with Crippen LogP contribution < -0.4 is 15.5 Å². The molecule has 1 saturated carbocycles. The number of para-hydroxylation sites is 1. The number of Topliss-reactive ketones (excluding diaryl/α,β-unsaturated/α-hetero) is 1. The molecule has 43 nitrogen and oxygen atoms in total. The number of esters is 3. The summed E-state index contributed by atoms with van der Waals surface area (Å²) in [4.78, 5) is 152. The Hall–Kier alpha value is -9.14. The number of imide groups is 1. The lowest BCUT2D eigenvalue weighted by Crippen LogP contribution is -2.80. The Morgan fingerprint density at radius 1 is 0.667 bits per heavy atom. The number of aliphatic hydroxyl groups is 8. The van der Waals surface area contributed by atoms with Gasteiger partial charge < -0.3 is 123 Å². The number of carboxylic acids is 1. The lowest BCUT2D eigenvalue weighted by Gasteiger charge is -2.63. The second-order valence-corrected chi connectivity index (χ2v) is 41.0. The molecule has 4 aromatic rings. The van der Waals surface area contributed by atoms with Crippen LogP contribution in [0.4, 0.5) is 16.2 Å². The molecule has 1 spiro atoms. The van der Waals surface area contributed by atoms with Crippen LogP contribution in [0.1, 0.15) is 226 Å². The molecule has 5 aliphatic heterocycles. The van der Waals surface area contributed by atoms with Gasteiger partial charge in [0.15, 0.2) is 36.5 Å². The number of carbonyl (C=O) groups is 9. The topological polar surface area (TPSA) is 595 Å². The minimum atomic E-state index is -2.17. The van der Waals surface area contributed by atoms with Gasteiger partial charge in [0.05, 0.1) is 99.9 Å². The van der Waals surface area contributed by atoms with E-state index in [9.17, 15) is 68.9 Å². The number of hydrogen-bond donors (Lipinski definition) is 12. The lowest BCUT2D eigenvalue weighted by atomic mass is 9.47. The molecule has 45 heteroatoms. The predicted molar refractivity (Wildman–Crippen MR) is 538 cm³/mol. The maximum absolute atomic E-state index is 15.2. The highest BCUT2D eigenvalue weighted by Crippen LogP contribution is 2.68. The molecule has 3 fully saturated rings. The number of H-pyrrole nitrogens is 1. The van der Waals surface area contributed by atoms with Crippen molar-refractivity contribution in [2.24, 2.45) is 11.3 Å². The first-order chi connectivity index (χ1) is 70.0. The first kappa shape index (κ1) is 127. The van der Waals surface area contributed by atoms with Gasteiger partial charge in [-0.1, -0.05) is 88.8 Å². The van der Waals surface area contributed by atoms with Crippen molar-refractivity contribution in [3.8, 4) is 0 Å². The standard InChI is InChI=1S/C61H87N5O12.C22H33N3O10S2.C11H20O7.C7H16O4.CO2/c1-9-41(35-67)78-51(75-8)36-77-50(70)22-16-21-49(69)62-39(5)53(71)76-29-15-14-20-48(68)61(74)55-60(25-28-66-26-17-24-59(11-3,54(60)66)56(61)72)45-31-44(38(4)30-47(45)64(55)7)57(6)32-40-33-58(73,10-2)37-65(34-40)27-23-43-42-18-12-13-19-46(42)63-52(43)57;1-5-16(13-26)35-20(32-4)14-34-21(29)33-11-9-18(28)24-17(27)8-10-22(2,3)37-36-19-7-6-15(12-23-19)25(30)31;1-3-8(18-11(6-12)16-2)7-17-10(15)5-4-9(13)14;1-3-6(4-8)11-7(5-9)10-2;2-1-3/h12-13,17-19,24,30-31,39-41,51,54-56,63,67,72-74H,9-11,14-16,20-23,25-29,32-37H2,1-8H3,(H,62,69);6-7,12,16,20,26H,5,8-11,13-14H2,1-4H3,(H,24,27,28);8,11-12H,3-7H2,1-2H3,(H,13,14);6-9H,3-5H2,1-2H3;/t39?,40?,41?,51?,54?,55?,56-,57-,58?,59-,60?,61+;;;;/m1..../s1. The number of nitrogens with zero attached hydrogens (tertiary/aromatic N) is 5. The fraction of sp³-hybridized carbons (Fsp3) is 0.696. The van der Waals surface area contributed by atoms with Gasteiger partial charge in [-0.05, 0) is 188 Å². The van der Waals surface area contributed by atoms with Gasteiger partial charge in [0.1, 0.15) is 49.8 Å². The summed E-state index contributed by atoms with van der Waals surface area (Å²) in [7, 11) is 10.4. The summed E-state index contributed by atoms with van der Waals surface area (Å²) in [5.74, 6) is -4.53. The lowest BCUT2D eigenvalue weighted by molar-refractivity contribution is -0.385. The predicted octanol–water partition coefficient (Wildman–Crippen LogP) is 8.20. The number of pyridine rings is 1. The highest BCUT2D eigenvalue weighted by molar-refractivity contribution is 8.77. The maximum atomic E-state index is 15.2. The summed E-state index contributed by atoms with van der Waals surface area (Å²) in [6.07, 6.45) is 5.81. The monoisotopic (exact) mass is 2120 g/mol. The van der Waals surface area contributed by atoms with E-state index in [2.05, 4.69) is 112 Å². The number of amides is 3. The fourth-order valence-corrected chi connectivity index (χ4v) is 22.0. The average molecular weight is 2120 g/mol. The third-order valence-electron chi connectivity index (χ3n) is 27.6. The van der Waals surface area contributed by atoms with Crippen molar-refractivity contribution in [3.05, 3.63) is 105 Å². The Kier molecular flexibility index (Phi) is 53.4. The number of hydrogen-bond acceptors (Lipinski definition) is 40. The Balaban J connectivity index is 0.000000391. The number of ether oxygens (including phenoxy) is 13. The van der Waals surface area contributed by atoms with Crippen LogP contribution in [-0.4, -0.2) is 354 Å². The molecule has 19 atom stereocenters. The molecule has 7 heterocycles. The summed E-state index contributed by atoms with van der Waals surface area (Å²) in [5.41, 5.74) is 2.84.